The van der Waals surface area contributed by atoms with E-state index in [1.807, 2.05) is 61.5 Å². The fourth-order valence-electron chi connectivity index (χ4n) is 1.72. The molecule has 2 aromatic rings. The number of anilines is 1. The van der Waals surface area contributed by atoms with E-state index in [1.54, 1.807) is 6.92 Å². The van der Waals surface area contributed by atoms with Crippen molar-refractivity contribution in [2.45, 2.75) is 20.0 Å². The van der Waals surface area contributed by atoms with Crippen LogP contribution in [0.25, 0.3) is 0 Å². The van der Waals surface area contributed by atoms with Gasteiger partial charge in [-0.2, -0.15) is 0 Å². The fraction of sp³-hybridized carbons (Fsp3) is 0.188. The van der Waals surface area contributed by atoms with Crippen LogP contribution < -0.4 is 10.1 Å². The minimum absolute atomic E-state index is 0.158. The van der Waals surface area contributed by atoms with Crippen LogP contribution in [-0.4, -0.2) is 12.0 Å². The zero-order valence-corrected chi connectivity index (χ0v) is 11.1. The van der Waals surface area contributed by atoms with Gasteiger partial charge in [-0.25, -0.2) is 0 Å². The Morgan fingerprint density at radius 2 is 1.84 bits per heavy atom. The first kappa shape index (κ1) is 13.1. The Morgan fingerprint density at radius 3 is 2.53 bits per heavy atom. The monoisotopic (exact) mass is 255 g/mol. The zero-order valence-electron chi connectivity index (χ0n) is 11.1. The van der Waals surface area contributed by atoms with Crippen molar-refractivity contribution >= 4 is 11.6 Å². The van der Waals surface area contributed by atoms with E-state index in [0.29, 0.717) is 5.75 Å². The van der Waals surface area contributed by atoms with Crippen LogP contribution in [0, 0.1) is 6.92 Å². The summed E-state index contributed by atoms with van der Waals surface area (Å²) >= 11 is 0. The molecule has 0 radical (unpaired) electrons. The van der Waals surface area contributed by atoms with Crippen molar-refractivity contribution < 1.29 is 9.53 Å². The Bertz CT molecular complexity index is 552. The summed E-state index contributed by atoms with van der Waals surface area (Å²) in [6, 6.07) is 17.0. The molecule has 0 saturated carbocycles. The summed E-state index contributed by atoms with van der Waals surface area (Å²) in [4.78, 5) is 12.0. The van der Waals surface area contributed by atoms with Crippen molar-refractivity contribution in [1.82, 2.24) is 0 Å². The molecule has 19 heavy (non-hydrogen) atoms. The number of carbonyl (C=O) groups excluding carboxylic acids is 1. The molecule has 0 aliphatic heterocycles. The van der Waals surface area contributed by atoms with Gasteiger partial charge in [-0.3, -0.25) is 4.79 Å². The maximum atomic E-state index is 12.0. The predicted octanol–water partition coefficient (Wildman–Crippen LogP) is 3.40. The number of aryl methyl sites for hydroxylation is 1. The molecule has 1 N–H and O–H groups in total. The maximum absolute atomic E-state index is 12.0. The Hall–Kier alpha value is -2.29. The molecule has 1 atom stereocenters. The molecule has 0 bridgehead atoms. The molecule has 0 aliphatic rings. The van der Waals surface area contributed by atoms with Gasteiger partial charge in [0.2, 0.25) is 0 Å². The van der Waals surface area contributed by atoms with Gasteiger partial charge >= 0.3 is 0 Å². The average molecular weight is 255 g/mol. The van der Waals surface area contributed by atoms with Crippen LogP contribution in [0.5, 0.6) is 5.75 Å². The van der Waals surface area contributed by atoms with Gasteiger partial charge in [0.1, 0.15) is 5.75 Å². The average Bonchev–Trinajstić information content (AvgIpc) is 2.40. The lowest BCUT2D eigenvalue weighted by Gasteiger charge is -2.14. The number of rotatable bonds is 4. The standard InChI is InChI=1S/C16H17NO2/c1-12-7-6-8-14(11-12)17-16(18)13(2)19-15-9-4-3-5-10-15/h3-11,13H,1-2H3,(H,17,18)/t13-/m0/s1. The first-order valence-corrected chi connectivity index (χ1v) is 6.24. The number of hydrogen-bond donors (Lipinski definition) is 1. The van der Waals surface area contributed by atoms with Crippen LogP contribution in [0.15, 0.2) is 54.6 Å². The largest absolute Gasteiger partial charge is 0.481 e. The molecule has 0 unspecified atom stereocenters. The second-order valence-corrected chi connectivity index (χ2v) is 4.43. The van der Waals surface area contributed by atoms with Crippen LogP contribution in [0.4, 0.5) is 5.69 Å². The molecule has 0 aromatic heterocycles. The van der Waals surface area contributed by atoms with Gasteiger partial charge in [-0.1, -0.05) is 30.3 Å². The van der Waals surface area contributed by atoms with Gasteiger partial charge in [-0.15, -0.1) is 0 Å². The van der Waals surface area contributed by atoms with Crippen LogP contribution in [-0.2, 0) is 4.79 Å². The zero-order chi connectivity index (χ0) is 13.7. The number of benzene rings is 2. The first-order chi connectivity index (χ1) is 9.15. The highest BCUT2D eigenvalue weighted by Gasteiger charge is 2.14. The molecule has 0 spiro atoms. The van der Waals surface area contributed by atoms with E-state index in [-0.39, 0.29) is 5.91 Å². The minimum atomic E-state index is -0.539. The van der Waals surface area contributed by atoms with Gasteiger partial charge in [-0.05, 0) is 43.7 Å². The predicted molar refractivity (Wildman–Crippen MR) is 76.3 cm³/mol. The van der Waals surface area contributed by atoms with Crippen LogP contribution in [0.3, 0.4) is 0 Å². The maximum Gasteiger partial charge on any atom is 0.265 e. The number of para-hydroxylation sites is 1. The summed E-state index contributed by atoms with van der Waals surface area (Å²) in [7, 11) is 0. The number of hydrogen-bond acceptors (Lipinski definition) is 2. The van der Waals surface area contributed by atoms with E-state index < -0.39 is 6.10 Å². The molecule has 3 heteroatoms. The van der Waals surface area contributed by atoms with Crippen molar-refractivity contribution in [3.05, 3.63) is 60.2 Å². The second kappa shape index (κ2) is 6.05. The normalized spacial score (nSPS) is 11.7. The Morgan fingerprint density at radius 1 is 1.11 bits per heavy atom. The van der Waals surface area contributed by atoms with Crippen LogP contribution in [0.2, 0.25) is 0 Å². The van der Waals surface area contributed by atoms with E-state index in [0.717, 1.165) is 11.3 Å². The quantitative estimate of drug-likeness (QED) is 0.909. The van der Waals surface area contributed by atoms with E-state index in [1.165, 1.54) is 0 Å². The van der Waals surface area contributed by atoms with Gasteiger partial charge in [0.15, 0.2) is 6.10 Å². The lowest BCUT2D eigenvalue weighted by Crippen LogP contribution is -2.30. The summed E-state index contributed by atoms with van der Waals surface area (Å²) in [6.07, 6.45) is -0.539. The third-order valence-electron chi connectivity index (χ3n) is 2.71. The summed E-state index contributed by atoms with van der Waals surface area (Å²) in [5, 5.41) is 2.84. The third kappa shape index (κ3) is 3.85. The molecule has 1 amide bonds. The Balaban J connectivity index is 1.96. The van der Waals surface area contributed by atoms with E-state index in [9.17, 15) is 4.79 Å². The summed E-state index contributed by atoms with van der Waals surface area (Å²) in [6.45, 7) is 3.72. The third-order valence-corrected chi connectivity index (χ3v) is 2.71. The molecule has 3 nitrogen and oxygen atoms in total. The molecule has 2 rings (SSSR count). The van der Waals surface area contributed by atoms with Crippen LogP contribution in [0.1, 0.15) is 12.5 Å². The molecule has 0 saturated heterocycles. The lowest BCUT2D eigenvalue weighted by atomic mass is 10.2. The van der Waals surface area contributed by atoms with E-state index in [2.05, 4.69) is 5.32 Å². The summed E-state index contributed by atoms with van der Waals surface area (Å²) < 4.78 is 5.57. The summed E-state index contributed by atoms with van der Waals surface area (Å²) in [5.74, 6) is 0.531. The molecular formula is C16H17NO2. The molecule has 98 valence electrons. The van der Waals surface area contributed by atoms with Crippen molar-refractivity contribution in [2.24, 2.45) is 0 Å². The SMILES string of the molecule is Cc1cccc(NC(=O)[C@H](C)Oc2ccccc2)c1. The van der Waals surface area contributed by atoms with Crippen molar-refractivity contribution in [3.63, 3.8) is 0 Å². The van der Waals surface area contributed by atoms with E-state index in [4.69, 9.17) is 4.74 Å². The number of carbonyl (C=O) groups is 1. The highest BCUT2D eigenvalue weighted by molar-refractivity contribution is 5.94. The lowest BCUT2D eigenvalue weighted by molar-refractivity contribution is -0.122. The topological polar surface area (TPSA) is 38.3 Å². The molecule has 0 aliphatic carbocycles. The number of nitrogens with one attached hydrogen (secondary N) is 1. The van der Waals surface area contributed by atoms with Gasteiger partial charge in [0.05, 0.1) is 0 Å². The highest BCUT2D eigenvalue weighted by atomic mass is 16.5. The summed E-state index contributed by atoms with van der Waals surface area (Å²) in [5.41, 5.74) is 1.89. The van der Waals surface area contributed by atoms with Gasteiger partial charge < -0.3 is 10.1 Å². The fourth-order valence-corrected chi connectivity index (χ4v) is 1.72. The van der Waals surface area contributed by atoms with Crippen molar-refractivity contribution in [2.75, 3.05) is 5.32 Å². The van der Waals surface area contributed by atoms with Crippen molar-refractivity contribution in [1.29, 1.82) is 0 Å². The first-order valence-electron chi connectivity index (χ1n) is 6.24. The smallest absolute Gasteiger partial charge is 0.265 e. The molecule has 2 aromatic carbocycles. The van der Waals surface area contributed by atoms with Crippen LogP contribution >= 0.6 is 0 Å². The molecule has 0 fully saturated rings. The van der Waals surface area contributed by atoms with Gasteiger partial charge in [0, 0.05) is 5.69 Å². The second-order valence-electron chi connectivity index (χ2n) is 4.43. The highest BCUT2D eigenvalue weighted by Crippen LogP contribution is 2.13. The van der Waals surface area contributed by atoms with E-state index >= 15 is 0 Å². The van der Waals surface area contributed by atoms with Gasteiger partial charge in [0.25, 0.3) is 5.91 Å². The Labute approximate surface area is 113 Å². The number of ether oxygens (including phenoxy) is 1. The molecular weight excluding hydrogens is 238 g/mol. The van der Waals surface area contributed by atoms with Crippen molar-refractivity contribution in [3.8, 4) is 5.75 Å². The molecule has 0 heterocycles. The number of amides is 1. The minimum Gasteiger partial charge on any atom is -0.481 e. The Kier molecular flexibility index (Phi) is 4.18.